The number of esters is 1. The third kappa shape index (κ3) is 3.05. The SMILES string of the molecule is COC(=O)C1CSCC(c2ccc(F)cc2Br)N1. The Morgan fingerprint density at radius 2 is 2.33 bits per heavy atom. The minimum absolute atomic E-state index is 0.0165. The first kappa shape index (κ1) is 13.8. The third-order valence-corrected chi connectivity index (χ3v) is 4.62. The Morgan fingerprint density at radius 1 is 1.56 bits per heavy atom. The Hall–Kier alpha value is -0.590. The lowest BCUT2D eigenvalue weighted by atomic mass is 10.1. The van der Waals surface area contributed by atoms with Crippen molar-refractivity contribution in [2.45, 2.75) is 12.1 Å². The van der Waals surface area contributed by atoms with Gasteiger partial charge in [0.1, 0.15) is 11.9 Å². The molecule has 1 aromatic rings. The van der Waals surface area contributed by atoms with E-state index >= 15 is 0 Å². The van der Waals surface area contributed by atoms with Gasteiger partial charge >= 0.3 is 5.97 Å². The van der Waals surface area contributed by atoms with Crippen LogP contribution in [0.15, 0.2) is 22.7 Å². The van der Waals surface area contributed by atoms with Crippen molar-refractivity contribution in [3.8, 4) is 0 Å². The first-order valence-corrected chi connectivity index (χ1v) is 7.43. The van der Waals surface area contributed by atoms with Crippen LogP contribution in [0.5, 0.6) is 0 Å². The second kappa shape index (κ2) is 6.04. The number of thioether (sulfide) groups is 1. The molecule has 1 fully saturated rings. The molecule has 1 aromatic carbocycles. The van der Waals surface area contributed by atoms with Crippen LogP contribution in [0.1, 0.15) is 11.6 Å². The van der Waals surface area contributed by atoms with Crippen LogP contribution in [0, 0.1) is 5.82 Å². The highest BCUT2D eigenvalue weighted by atomic mass is 79.9. The van der Waals surface area contributed by atoms with Crippen molar-refractivity contribution in [3.63, 3.8) is 0 Å². The normalized spacial score (nSPS) is 23.7. The Morgan fingerprint density at radius 3 is 3.00 bits per heavy atom. The predicted molar refractivity (Wildman–Crippen MR) is 73.1 cm³/mol. The summed E-state index contributed by atoms with van der Waals surface area (Å²) in [6.07, 6.45) is 0. The molecule has 0 radical (unpaired) electrons. The van der Waals surface area contributed by atoms with E-state index in [1.165, 1.54) is 19.2 Å². The fourth-order valence-corrected chi connectivity index (χ4v) is 3.63. The van der Waals surface area contributed by atoms with E-state index in [9.17, 15) is 9.18 Å². The molecule has 6 heteroatoms. The van der Waals surface area contributed by atoms with E-state index in [2.05, 4.69) is 21.2 Å². The van der Waals surface area contributed by atoms with E-state index in [0.29, 0.717) is 10.2 Å². The predicted octanol–water partition coefficient (Wildman–Crippen LogP) is 2.51. The number of rotatable bonds is 2. The molecule has 3 nitrogen and oxygen atoms in total. The van der Waals surface area contributed by atoms with Crippen LogP contribution in [0.3, 0.4) is 0 Å². The van der Waals surface area contributed by atoms with E-state index in [1.807, 2.05) is 0 Å². The van der Waals surface area contributed by atoms with Crippen molar-refractivity contribution in [3.05, 3.63) is 34.1 Å². The zero-order valence-electron chi connectivity index (χ0n) is 9.78. The quantitative estimate of drug-likeness (QED) is 0.844. The maximum absolute atomic E-state index is 13.0. The maximum atomic E-state index is 13.0. The number of hydrogen-bond donors (Lipinski definition) is 1. The van der Waals surface area contributed by atoms with E-state index in [0.717, 1.165) is 11.3 Å². The summed E-state index contributed by atoms with van der Waals surface area (Å²) >= 11 is 5.04. The molecule has 0 aromatic heterocycles. The van der Waals surface area contributed by atoms with E-state index < -0.39 is 0 Å². The molecule has 1 aliphatic rings. The number of halogens is 2. The molecule has 0 bridgehead atoms. The van der Waals surface area contributed by atoms with Crippen LogP contribution in [-0.2, 0) is 9.53 Å². The molecular weight excluding hydrogens is 321 g/mol. The first-order valence-electron chi connectivity index (χ1n) is 5.48. The zero-order valence-corrected chi connectivity index (χ0v) is 12.2. The maximum Gasteiger partial charge on any atom is 0.323 e. The molecule has 1 heterocycles. The van der Waals surface area contributed by atoms with Gasteiger partial charge in [-0.15, -0.1) is 0 Å². The largest absolute Gasteiger partial charge is 0.468 e. The Kier molecular flexibility index (Phi) is 4.64. The second-order valence-electron chi connectivity index (χ2n) is 4.00. The fourth-order valence-electron chi connectivity index (χ4n) is 1.88. The smallest absolute Gasteiger partial charge is 0.323 e. The molecule has 18 heavy (non-hydrogen) atoms. The number of nitrogens with one attached hydrogen (secondary N) is 1. The van der Waals surface area contributed by atoms with Crippen molar-refractivity contribution in [2.75, 3.05) is 18.6 Å². The number of carbonyl (C=O) groups excluding carboxylic acids is 1. The summed E-state index contributed by atoms with van der Waals surface area (Å²) in [7, 11) is 1.38. The molecule has 2 rings (SSSR count). The number of carbonyl (C=O) groups is 1. The Balaban J connectivity index is 2.15. The summed E-state index contributed by atoms with van der Waals surface area (Å²) in [5.41, 5.74) is 0.956. The Bertz CT molecular complexity index is 458. The summed E-state index contributed by atoms with van der Waals surface area (Å²) in [5, 5.41) is 3.23. The van der Waals surface area contributed by atoms with Crippen LogP contribution in [0.2, 0.25) is 0 Å². The zero-order chi connectivity index (χ0) is 13.1. The van der Waals surface area contributed by atoms with Gasteiger partial charge in [0.2, 0.25) is 0 Å². The van der Waals surface area contributed by atoms with Gasteiger partial charge in [-0.05, 0) is 17.7 Å². The molecule has 0 aliphatic carbocycles. The van der Waals surface area contributed by atoms with E-state index in [-0.39, 0.29) is 23.9 Å². The molecular formula is C12H13BrFNO2S. The topological polar surface area (TPSA) is 38.3 Å². The number of hydrogen-bond acceptors (Lipinski definition) is 4. The lowest BCUT2D eigenvalue weighted by Gasteiger charge is -2.29. The molecule has 0 saturated carbocycles. The minimum Gasteiger partial charge on any atom is -0.468 e. The average Bonchev–Trinajstić information content (AvgIpc) is 2.38. The highest BCUT2D eigenvalue weighted by Gasteiger charge is 2.29. The van der Waals surface area contributed by atoms with Crippen LogP contribution in [0.25, 0.3) is 0 Å². The van der Waals surface area contributed by atoms with Crippen molar-refractivity contribution < 1.29 is 13.9 Å². The molecule has 98 valence electrons. The van der Waals surface area contributed by atoms with Gasteiger partial charge in [0.15, 0.2) is 0 Å². The van der Waals surface area contributed by atoms with Gasteiger partial charge in [0, 0.05) is 22.0 Å². The van der Waals surface area contributed by atoms with Crippen LogP contribution >= 0.6 is 27.7 Å². The second-order valence-corrected chi connectivity index (χ2v) is 5.93. The van der Waals surface area contributed by atoms with Crippen LogP contribution in [0.4, 0.5) is 4.39 Å². The van der Waals surface area contributed by atoms with Crippen LogP contribution < -0.4 is 5.32 Å². The lowest BCUT2D eigenvalue weighted by Crippen LogP contribution is -2.45. The van der Waals surface area contributed by atoms with Crippen molar-refractivity contribution in [1.82, 2.24) is 5.32 Å². The highest BCUT2D eigenvalue weighted by molar-refractivity contribution is 9.10. The lowest BCUT2D eigenvalue weighted by molar-refractivity contribution is -0.142. The molecule has 0 amide bonds. The van der Waals surface area contributed by atoms with Crippen LogP contribution in [-0.4, -0.2) is 30.6 Å². The summed E-state index contributed by atoms with van der Waals surface area (Å²) in [6.45, 7) is 0. The fraction of sp³-hybridized carbons (Fsp3) is 0.417. The van der Waals surface area contributed by atoms with Gasteiger partial charge in [0.25, 0.3) is 0 Å². The van der Waals surface area contributed by atoms with Crippen molar-refractivity contribution in [1.29, 1.82) is 0 Å². The van der Waals surface area contributed by atoms with Gasteiger partial charge in [-0.3, -0.25) is 10.1 Å². The summed E-state index contributed by atoms with van der Waals surface area (Å²) < 4.78 is 18.5. The number of benzene rings is 1. The molecule has 1 N–H and O–H groups in total. The molecule has 2 unspecified atom stereocenters. The first-order chi connectivity index (χ1) is 8.61. The molecule has 2 atom stereocenters. The summed E-state index contributed by atoms with van der Waals surface area (Å²) in [6, 6.07) is 4.30. The number of ether oxygens (including phenoxy) is 1. The minimum atomic E-state index is -0.310. The number of methoxy groups -OCH3 is 1. The van der Waals surface area contributed by atoms with Gasteiger partial charge in [0.05, 0.1) is 7.11 Å². The monoisotopic (exact) mass is 333 g/mol. The third-order valence-electron chi connectivity index (χ3n) is 2.80. The van der Waals surface area contributed by atoms with E-state index in [1.54, 1.807) is 17.8 Å². The van der Waals surface area contributed by atoms with Gasteiger partial charge in [-0.2, -0.15) is 11.8 Å². The highest BCUT2D eigenvalue weighted by Crippen LogP contribution is 2.30. The molecule has 1 saturated heterocycles. The van der Waals surface area contributed by atoms with Gasteiger partial charge < -0.3 is 4.74 Å². The van der Waals surface area contributed by atoms with Crippen molar-refractivity contribution >= 4 is 33.7 Å². The van der Waals surface area contributed by atoms with Crippen molar-refractivity contribution in [2.24, 2.45) is 0 Å². The summed E-state index contributed by atoms with van der Waals surface area (Å²) in [4.78, 5) is 11.5. The van der Waals surface area contributed by atoms with E-state index in [4.69, 9.17) is 4.74 Å². The van der Waals surface area contributed by atoms with Gasteiger partial charge in [-0.1, -0.05) is 22.0 Å². The standard InChI is InChI=1S/C12H13BrFNO2S/c1-17-12(16)11-6-18-5-10(15-11)8-3-2-7(14)4-9(8)13/h2-4,10-11,15H,5-6H2,1H3. The molecule has 0 spiro atoms. The van der Waals surface area contributed by atoms with Gasteiger partial charge in [-0.25, -0.2) is 4.39 Å². The summed E-state index contributed by atoms with van der Waals surface area (Å²) in [5.74, 6) is 1.00. The molecule has 1 aliphatic heterocycles. The Labute approximate surface area is 118 Å². The average molecular weight is 334 g/mol.